The quantitative estimate of drug-likeness (QED) is 0.561. The van der Waals surface area contributed by atoms with Gasteiger partial charge in [0.15, 0.2) is 5.78 Å². The smallest absolute Gasteiger partial charge is 0.220 e. The molecule has 1 aromatic carbocycles. The van der Waals surface area contributed by atoms with Gasteiger partial charge < -0.3 is 5.32 Å². The first-order valence-electron chi connectivity index (χ1n) is 7.21. The van der Waals surface area contributed by atoms with E-state index in [1.807, 2.05) is 24.3 Å². The van der Waals surface area contributed by atoms with Crippen molar-refractivity contribution in [3.8, 4) is 0 Å². The molecule has 0 atom stereocenters. The molecule has 2 rings (SSSR count). The number of ketones is 1. The molecule has 3 nitrogen and oxygen atoms in total. The van der Waals surface area contributed by atoms with Crippen LogP contribution in [0.5, 0.6) is 0 Å². The summed E-state index contributed by atoms with van der Waals surface area (Å²) in [7, 11) is 0. The lowest BCUT2D eigenvalue weighted by molar-refractivity contribution is -0.120. The number of carbonyl (C=O) groups excluding carboxylic acids is 2. The summed E-state index contributed by atoms with van der Waals surface area (Å²) in [5.74, 6) is 1.83. The van der Waals surface area contributed by atoms with Crippen LogP contribution in [0.2, 0.25) is 0 Å². The number of rotatable bonds is 9. The second-order valence-electron chi connectivity index (χ2n) is 4.77. The van der Waals surface area contributed by atoms with Gasteiger partial charge in [0.1, 0.15) is 0 Å². The maximum absolute atomic E-state index is 11.9. The number of nitrogens with one attached hydrogen (secondary N) is 1. The summed E-state index contributed by atoms with van der Waals surface area (Å²) in [6, 6.07) is 13.3. The van der Waals surface area contributed by atoms with Crippen LogP contribution in [0, 0.1) is 0 Å². The lowest BCUT2D eigenvalue weighted by Gasteiger charge is -2.05. The molecule has 0 saturated heterocycles. The molecule has 1 N–H and O–H groups in total. The van der Waals surface area contributed by atoms with Crippen LogP contribution < -0.4 is 5.32 Å². The highest BCUT2D eigenvalue weighted by Crippen LogP contribution is 2.16. The second kappa shape index (κ2) is 9.43. The van der Waals surface area contributed by atoms with Gasteiger partial charge in [0, 0.05) is 41.3 Å². The molecule has 1 amide bonds. The van der Waals surface area contributed by atoms with Crippen LogP contribution in [0.25, 0.3) is 0 Å². The summed E-state index contributed by atoms with van der Waals surface area (Å²) in [4.78, 5) is 24.9. The van der Waals surface area contributed by atoms with E-state index in [0.717, 1.165) is 11.5 Å². The van der Waals surface area contributed by atoms with Gasteiger partial charge in [0.2, 0.25) is 5.91 Å². The van der Waals surface area contributed by atoms with Gasteiger partial charge in [-0.15, -0.1) is 11.3 Å². The van der Waals surface area contributed by atoms with Gasteiger partial charge >= 0.3 is 0 Å². The van der Waals surface area contributed by atoms with Crippen molar-refractivity contribution in [1.29, 1.82) is 0 Å². The van der Waals surface area contributed by atoms with E-state index in [9.17, 15) is 9.59 Å². The van der Waals surface area contributed by atoms with E-state index in [1.165, 1.54) is 4.88 Å². The summed E-state index contributed by atoms with van der Waals surface area (Å²) >= 11 is 3.55. The topological polar surface area (TPSA) is 46.2 Å². The molecular weight excluding hydrogens is 314 g/mol. The maximum atomic E-state index is 11.9. The standard InChI is InChI=1S/C17H19NO2S2/c19-16(14-5-2-1-3-6-14)8-9-17(20)18-10-12-21-13-15-7-4-11-22-15/h1-7,11H,8-10,12-13H2,(H,18,20). The molecule has 0 radical (unpaired) electrons. The van der Waals surface area contributed by atoms with Crippen LogP contribution in [0.15, 0.2) is 47.8 Å². The molecule has 2 aromatic rings. The molecule has 0 saturated carbocycles. The highest BCUT2D eigenvalue weighted by Gasteiger charge is 2.08. The number of hydrogen-bond acceptors (Lipinski definition) is 4. The molecular formula is C17H19NO2S2. The zero-order valence-electron chi connectivity index (χ0n) is 12.3. The van der Waals surface area contributed by atoms with Crippen molar-refractivity contribution in [2.45, 2.75) is 18.6 Å². The van der Waals surface area contributed by atoms with Gasteiger partial charge in [-0.2, -0.15) is 11.8 Å². The highest BCUT2D eigenvalue weighted by atomic mass is 32.2. The molecule has 1 aromatic heterocycles. The molecule has 0 aliphatic heterocycles. The Bertz CT molecular complexity index is 582. The van der Waals surface area contributed by atoms with Crippen molar-refractivity contribution >= 4 is 34.8 Å². The van der Waals surface area contributed by atoms with E-state index in [1.54, 1.807) is 35.2 Å². The van der Waals surface area contributed by atoms with E-state index < -0.39 is 0 Å². The molecule has 0 aliphatic carbocycles. The Labute approximate surface area is 139 Å². The van der Waals surface area contributed by atoms with Crippen LogP contribution in [-0.4, -0.2) is 24.0 Å². The predicted octanol–water partition coefficient (Wildman–Crippen LogP) is 3.76. The second-order valence-corrected chi connectivity index (χ2v) is 6.91. The lowest BCUT2D eigenvalue weighted by atomic mass is 10.1. The van der Waals surface area contributed by atoms with E-state index in [-0.39, 0.29) is 24.5 Å². The first-order valence-corrected chi connectivity index (χ1v) is 9.24. The Morgan fingerprint density at radius 2 is 1.86 bits per heavy atom. The van der Waals surface area contributed by atoms with E-state index in [0.29, 0.717) is 12.1 Å². The number of Topliss-reactive ketones (excluding diaryl/α,β-unsaturated/α-hetero) is 1. The van der Waals surface area contributed by atoms with Gasteiger partial charge in [0.05, 0.1) is 0 Å². The van der Waals surface area contributed by atoms with Crippen molar-refractivity contribution in [3.63, 3.8) is 0 Å². The monoisotopic (exact) mass is 333 g/mol. The van der Waals surface area contributed by atoms with Crippen LogP contribution in [0.3, 0.4) is 0 Å². The van der Waals surface area contributed by atoms with Crippen molar-refractivity contribution in [2.24, 2.45) is 0 Å². The minimum absolute atomic E-state index is 0.0165. The normalized spacial score (nSPS) is 10.4. The first kappa shape index (κ1) is 16.8. The molecule has 22 heavy (non-hydrogen) atoms. The maximum Gasteiger partial charge on any atom is 0.220 e. The molecule has 0 unspecified atom stereocenters. The number of thioether (sulfide) groups is 1. The zero-order chi connectivity index (χ0) is 15.6. The average Bonchev–Trinajstić information content (AvgIpc) is 3.06. The Morgan fingerprint density at radius 3 is 2.59 bits per heavy atom. The van der Waals surface area contributed by atoms with E-state index in [2.05, 4.69) is 16.8 Å². The third-order valence-corrected chi connectivity index (χ3v) is 5.13. The van der Waals surface area contributed by atoms with Crippen LogP contribution in [0.1, 0.15) is 28.1 Å². The molecule has 0 aliphatic rings. The molecule has 0 bridgehead atoms. The van der Waals surface area contributed by atoms with Gasteiger partial charge in [-0.25, -0.2) is 0 Å². The van der Waals surface area contributed by atoms with Crippen LogP contribution in [-0.2, 0) is 10.5 Å². The fourth-order valence-corrected chi connectivity index (χ4v) is 3.61. The molecule has 5 heteroatoms. The third-order valence-electron chi connectivity index (χ3n) is 3.07. The predicted molar refractivity (Wildman–Crippen MR) is 93.5 cm³/mol. The largest absolute Gasteiger partial charge is 0.355 e. The first-order chi connectivity index (χ1) is 10.8. The van der Waals surface area contributed by atoms with Crippen molar-refractivity contribution in [1.82, 2.24) is 5.32 Å². The highest BCUT2D eigenvalue weighted by molar-refractivity contribution is 7.98. The number of amides is 1. The fourth-order valence-electron chi connectivity index (χ4n) is 1.91. The van der Waals surface area contributed by atoms with Gasteiger partial charge in [0.25, 0.3) is 0 Å². The number of hydrogen-bond donors (Lipinski definition) is 1. The Balaban J connectivity index is 1.55. The zero-order valence-corrected chi connectivity index (χ0v) is 13.9. The number of benzene rings is 1. The minimum Gasteiger partial charge on any atom is -0.355 e. The Kier molecular flexibility index (Phi) is 7.19. The van der Waals surface area contributed by atoms with Gasteiger partial charge in [-0.05, 0) is 11.4 Å². The summed E-state index contributed by atoms with van der Waals surface area (Å²) in [5, 5.41) is 4.93. The summed E-state index contributed by atoms with van der Waals surface area (Å²) in [6.07, 6.45) is 0.515. The van der Waals surface area contributed by atoms with Crippen LogP contribution >= 0.6 is 23.1 Å². The van der Waals surface area contributed by atoms with Gasteiger partial charge in [-0.1, -0.05) is 36.4 Å². The third kappa shape index (κ3) is 6.03. The number of carbonyl (C=O) groups is 2. The van der Waals surface area contributed by atoms with E-state index in [4.69, 9.17) is 0 Å². The Morgan fingerprint density at radius 1 is 1.05 bits per heavy atom. The molecule has 1 heterocycles. The van der Waals surface area contributed by atoms with Crippen LogP contribution in [0.4, 0.5) is 0 Å². The van der Waals surface area contributed by atoms with Crippen molar-refractivity contribution in [3.05, 3.63) is 58.3 Å². The Hall–Kier alpha value is -1.59. The minimum atomic E-state index is -0.0546. The lowest BCUT2D eigenvalue weighted by Crippen LogP contribution is -2.26. The van der Waals surface area contributed by atoms with Crippen molar-refractivity contribution in [2.75, 3.05) is 12.3 Å². The summed E-state index contributed by atoms with van der Waals surface area (Å²) in [5.41, 5.74) is 0.668. The SMILES string of the molecule is O=C(CCC(=O)c1ccccc1)NCCSCc1cccs1. The molecule has 0 spiro atoms. The van der Waals surface area contributed by atoms with Gasteiger partial charge in [-0.3, -0.25) is 9.59 Å². The number of thiophene rings is 1. The molecule has 0 fully saturated rings. The molecule has 116 valence electrons. The summed E-state index contributed by atoms with van der Waals surface area (Å²) in [6.45, 7) is 0.647. The summed E-state index contributed by atoms with van der Waals surface area (Å²) < 4.78 is 0. The van der Waals surface area contributed by atoms with Crippen molar-refractivity contribution < 1.29 is 9.59 Å². The fraction of sp³-hybridized carbons (Fsp3) is 0.294. The average molecular weight is 333 g/mol. The van der Waals surface area contributed by atoms with E-state index >= 15 is 0 Å².